The van der Waals surface area contributed by atoms with Crippen LogP contribution in [0, 0.1) is 22.7 Å². The summed E-state index contributed by atoms with van der Waals surface area (Å²) >= 11 is 11.7. The van der Waals surface area contributed by atoms with E-state index >= 15 is 0 Å². The molecule has 2 aromatic rings. The van der Waals surface area contributed by atoms with Crippen molar-refractivity contribution in [3.8, 4) is 17.9 Å². The summed E-state index contributed by atoms with van der Waals surface area (Å²) in [4.78, 5) is 12.3. The first-order chi connectivity index (χ1) is 12.0. The number of nitrogens with one attached hydrogen (secondary N) is 1. The van der Waals surface area contributed by atoms with Crippen LogP contribution in [0.5, 0.6) is 5.75 Å². The monoisotopic (exact) mass is 371 g/mol. The van der Waals surface area contributed by atoms with E-state index < -0.39 is 5.91 Å². The molecule has 0 atom stereocenters. The topological polar surface area (TPSA) is 85.9 Å². The van der Waals surface area contributed by atoms with Gasteiger partial charge in [-0.1, -0.05) is 41.4 Å². The highest BCUT2D eigenvalue weighted by atomic mass is 35.5. The van der Waals surface area contributed by atoms with Crippen molar-refractivity contribution in [1.82, 2.24) is 0 Å². The van der Waals surface area contributed by atoms with Gasteiger partial charge in [0.25, 0.3) is 5.91 Å². The van der Waals surface area contributed by atoms with Gasteiger partial charge in [-0.25, -0.2) is 0 Å². The van der Waals surface area contributed by atoms with Gasteiger partial charge in [-0.2, -0.15) is 10.5 Å². The van der Waals surface area contributed by atoms with E-state index in [1.807, 2.05) is 12.1 Å². The average molecular weight is 372 g/mol. The molecule has 0 aliphatic rings. The lowest BCUT2D eigenvalue weighted by molar-refractivity contribution is -0.112. The van der Waals surface area contributed by atoms with Gasteiger partial charge in [0.15, 0.2) is 6.61 Å². The maximum Gasteiger partial charge on any atom is 0.266 e. The number of carbonyl (C=O) groups excluding carboxylic acids is 1. The molecule has 0 radical (unpaired) electrons. The minimum absolute atomic E-state index is 0.126. The average Bonchev–Trinajstić information content (AvgIpc) is 2.61. The van der Waals surface area contributed by atoms with Gasteiger partial charge in [0, 0.05) is 11.3 Å². The third-order valence-electron chi connectivity index (χ3n) is 3.05. The second-order valence-electron chi connectivity index (χ2n) is 4.74. The highest BCUT2D eigenvalue weighted by molar-refractivity contribution is 6.42. The maximum atomic E-state index is 12.3. The Kier molecular flexibility index (Phi) is 6.42. The standard InChI is InChI=1S/C18H11Cl2N3O2/c19-15-6-5-14(10-16(15)20)23-18(24)13(11-22)9-12-3-1-2-4-17(12)25-8-7-21/h1-6,9-10H,8H2,(H,23,24)/b13-9+. The number of hydrogen-bond donors (Lipinski definition) is 1. The molecule has 0 aromatic heterocycles. The summed E-state index contributed by atoms with van der Waals surface area (Å²) in [6.07, 6.45) is 1.39. The molecule has 124 valence electrons. The number of hydrogen-bond acceptors (Lipinski definition) is 4. The number of rotatable bonds is 5. The SMILES string of the molecule is N#CCOc1ccccc1/C=C(\C#N)C(=O)Nc1ccc(Cl)c(Cl)c1. The Morgan fingerprint density at radius 2 is 1.92 bits per heavy atom. The molecule has 0 unspecified atom stereocenters. The third-order valence-corrected chi connectivity index (χ3v) is 3.79. The van der Waals surface area contributed by atoms with Crippen LogP contribution < -0.4 is 10.1 Å². The summed E-state index contributed by atoms with van der Waals surface area (Å²) in [5.74, 6) is -0.199. The summed E-state index contributed by atoms with van der Waals surface area (Å²) in [5, 5.41) is 21.1. The highest BCUT2D eigenvalue weighted by Crippen LogP contribution is 2.26. The molecule has 2 aromatic carbocycles. The Bertz CT molecular complexity index is 911. The Balaban J connectivity index is 2.25. The van der Waals surface area contributed by atoms with Crippen molar-refractivity contribution in [3.05, 3.63) is 63.6 Å². The van der Waals surface area contributed by atoms with Gasteiger partial charge < -0.3 is 10.1 Å². The van der Waals surface area contributed by atoms with Crippen molar-refractivity contribution >= 4 is 40.9 Å². The van der Waals surface area contributed by atoms with Gasteiger partial charge in [-0.05, 0) is 30.3 Å². The van der Waals surface area contributed by atoms with Crippen molar-refractivity contribution in [2.45, 2.75) is 0 Å². The quantitative estimate of drug-likeness (QED) is 0.621. The summed E-state index contributed by atoms with van der Waals surface area (Å²) in [6.45, 7) is -0.137. The van der Waals surface area contributed by atoms with Crippen LogP contribution >= 0.6 is 23.2 Å². The fourth-order valence-electron chi connectivity index (χ4n) is 1.92. The Morgan fingerprint density at radius 1 is 1.16 bits per heavy atom. The van der Waals surface area contributed by atoms with Crippen LogP contribution in [-0.2, 0) is 4.79 Å². The lowest BCUT2D eigenvalue weighted by Gasteiger charge is -2.08. The number of nitriles is 2. The maximum absolute atomic E-state index is 12.3. The molecule has 0 spiro atoms. The van der Waals surface area contributed by atoms with Gasteiger partial charge in [-0.3, -0.25) is 4.79 Å². The van der Waals surface area contributed by atoms with E-state index in [1.165, 1.54) is 12.1 Å². The largest absolute Gasteiger partial charge is 0.478 e. The summed E-state index contributed by atoms with van der Waals surface area (Å²) in [7, 11) is 0. The zero-order chi connectivity index (χ0) is 18.2. The van der Waals surface area contributed by atoms with Gasteiger partial charge in [0.05, 0.1) is 10.0 Å². The molecular weight excluding hydrogens is 361 g/mol. The van der Waals surface area contributed by atoms with Crippen LogP contribution in [0.25, 0.3) is 6.08 Å². The lowest BCUT2D eigenvalue weighted by Crippen LogP contribution is -2.13. The fraction of sp³-hybridized carbons (Fsp3) is 0.0556. The number of carbonyl (C=O) groups is 1. The Morgan fingerprint density at radius 3 is 2.60 bits per heavy atom. The second-order valence-corrected chi connectivity index (χ2v) is 5.55. The van der Waals surface area contributed by atoms with E-state index in [1.54, 1.807) is 36.4 Å². The van der Waals surface area contributed by atoms with E-state index in [4.69, 9.17) is 33.2 Å². The van der Waals surface area contributed by atoms with Crippen molar-refractivity contribution in [2.24, 2.45) is 0 Å². The minimum Gasteiger partial charge on any atom is -0.478 e. The Labute approximate surface area is 154 Å². The summed E-state index contributed by atoms with van der Waals surface area (Å²) in [6, 6.07) is 15.1. The number of ether oxygens (including phenoxy) is 1. The number of benzene rings is 2. The zero-order valence-electron chi connectivity index (χ0n) is 12.8. The van der Waals surface area contributed by atoms with E-state index in [0.29, 0.717) is 22.0 Å². The molecule has 1 amide bonds. The Hall–Kier alpha value is -2.99. The first-order valence-corrected chi connectivity index (χ1v) is 7.77. The van der Waals surface area contributed by atoms with Crippen LogP contribution in [0.2, 0.25) is 10.0 Å². The van der Waals surface area contributed by atoms with Crippen LogP contribution in [0.1, 0.15) is 5.56 Å². The van der Waals surface area contributed by atoms with Crippen molar-refractivity contribution in [2.75, 3.05) is 11.9 Å². The fourth-order valence-corrected chi connectivity index (χ4v) is 2.22. The van der Waals surface area contributed by atoms with Gasteiger partial charge in [0.2, 0.25) is 0 Å². The number of halogens is 2. The summed E-state index contributed by atoms with van der Waals surface area (Å²) < 4.78 is 5.28. The first-order valence-electron chi connectivity index (χ1n) is 7.02. The van der Waals surface area contributed by atoms with Gasteiger partial charge in [-0.15, -0.1) is 0 Å². The molecule has 0 aliphatic heterocycles. The molecule has 0 bridgehead atoms. The van der Waals surface area contributed by atoms with Crippen molar-refractivity contribution in [1.29, 1.82) is 10.5 Å². The first kappa shape index (κ1) is 18.4. The zero-order valence-corrected chi connectivity index (χ0v) is 14.3. The highest BCUT2D eigenvalue weighted by Gasteiger charge is 2.12. The van der Waals surface area contributed by atoms with Crippen LogP contribution in [0.3, 0.4) is 0 Å². The van der Waals surface area contributed by atoms with Gasteiger partial charge >= 0.3 is 0 Å². The molecule has 0 aliphatic carbocycles. The number of nitrogens with zero attached hydrogens (tertiary/aromatic N) is 2. The molecule has 0 saturated carbocycles. The molecule has 0 heterocycles. The number of para-hydroxylation sites is 1. The molecule has 2 rings (SSSR count). The second kappa shape index (κ2) is 8.75. The van der Waals surface area contributed by atoms with E-state index in [-0.39, 0.29) is 17.2 Å². The normalized spacial score (nSPS) is 10.5. The molecule has 0 saturated heterocycles. The molecule has 5 nitrogen and oxygen atoms in total. The number of amides is 1. The lowest BCUT2D eigenvalue weighted by atomic mass is 10.1. The van der Waals surface area contributed by atoms with E-state index in [2.05, 4.69) is 5.32 Å². The molecule has 25 heavy (non-hydrogen) atoms. The molecule has 1 N–H and O–H groups in total. The van der Waals surface area contributed by atoms with E-state index in [0.717, 1.165) is 0 Å². The van der Waals surface area contributed by atoms with Crippen LogP contribution in [-0.4, -0.2) is 12.5 Å². The van der Waals surface area contributed by atoms with Crippen molar-refractivity contribution in [3.63, 3.8) is 0 Å². The molecule has 7 heteroatoms. The smallest absolute Gasteiger partial charge is 0.266 e. The molecular formula is C18H11Cl2N3O2. The third kappa shape index (κ3) is 4.99. The number of anilines is 1. The predicted octanol–water partition coefficient (Wildman–Crippen LogP) is 4.44. The van der Waals surface area contributed by atoms with Crippen LogP contribution in [0.4, 0.5) is 5.69 Å². The van der Waals surface area contributed by atoms with Crippen LogP contribution in [0.15, 0.2) is 48.0 Å². The van der Waals surface area contributed by atoms with E-state index in [9.17, 15) is 10.1 Å². The van der Waals surface area contributed by atoms with Crippen molar-refractivity contribution < 1.29 is 9.53 Å². The van der Waals surface area contributed by atoms with Gasteiger partial charge in [0.1, 0.15) is 23.5 Å². The molecule has 0 fully saturated rings. The summed E-state index contributed by atoms with van der Waals surface area (Å²) in [5.41, 5.74) is 0.798. The predicted molar refractivity (Wildman–Crippen MR) is 96.2 cm³/mol. The minimum atomic E-state index is -0.601.